The van der Waals surface area contributed by atoms with Gasteiger partial charge >= 0.3 is 0 Å². The summed E-state index contributed by atoms with van der Waals surface area (Å²) in [5.41, 5.74) is 0.971. The number of piperazine rings is 1. The van der Waals surface area contributed by atoms with E-state index in [-0.39, 0.29) is 12.0 Å². The Hall–Kier alpha value is -0.610. The number of carbonyl (C=O) groups excluding carboxylic acids is 1. The molecule has 0 bridgehead atoms. The van der Waals surface area contributed by atoms with Crippen molar-refractivity contribution in [1.29, 1.82) is 0 Å². The van der Waals surface area contributed by atoms with Gasteiger partial charge in [0.25, 0.3) is 0 Å². The summed E-state index contributed by atoms with van der Waals surface area (Å²) >= 11 is 12.1. The topological polar surface area (TPSA) is 32.3 Å². The third-order valence-electron chi connectivity index (χ3n) is 4.03. The second-order valence-electron chi connectivity index (χ2n) is 5.54. The van der Waals surface area contributed by atoms with E-state index in [0.717, 1.165) is 44.6 Å². The Kier molecular flexibility index (Phi) is 4.32. The molecule has 1 N–H and O–H groups in total. The monoisotopic (exact) mass is 312 g/mol. The van der Waals surface area contributed by atoms with Crippen molar-refractivity contribution >= 4 is 29.0 Å². The Morgan fingerprint density at radius 1 is 1.20 bits per heavy atom. The van der Waals surface area contributed by atoms with Crippen molar-refractivity contribution in [3.05, 3.63) is 33.8 Å². The third kappa shape index (κ3) is 3.01. The molecule has 1 saturated heterocycles. The molecule has 2 aliphatic rings. The molecule has 1 aromatic rings. The standard InChI is InChI=1S/C15H18Cl2N2O/c16-12-4-3-11(9-13(12)17)14(15(20)10-1-2-10)19-7-5-18-6-8-19/h3-4,9-10,14,18H,1-2,5-8H2. The number of nitrogens with one attached hydrogen (secondary N) is 1. The summed E-state index contributed by atoms with van der Waals surface area (Å²) in [5.74, 6) is 0.578. The number of halogens is 2. The van der Waals surface area contributed by atoms with E-state index < -0.39 is 0 Å². The molecule has 108 valence electrons. The van der Waals surface area contributed by atoms with E-state index in [0.29, 0.717) is 15.8 Å². The van der Waals surface area contributed by atoms with Gasteiger partial charge in [0.05, 0.1) is 16.1 Å². The van der Waals surface area contributed by atoms with Crippen molar-refractivity contribution in [2.45, 2.75) is 18.9 Å². The first-order valence-electron chi connectivity index (χ1n) is 7.10. The summed E-state index contributed by atoms with van der Waals surface area (Å²) in [6, 6.07) is 5.39. The highest BCUT2D eigenvalue weighted by Crippen LogP contribution is 2.38. The zero-order chi connectivity index (χ0) is 14.1. The highest BCUT2D eigenvalue weighted by atomic mass is 35.5. The molecule has 0 spiro atoms. The number of ketones is 1. The summed E-state index contributed by atoms with van der Waals surface area (Å²) in [7, 11) is 0. The lowest BCUT2D eigenvalue weighted by Gasteiger charge is -2.34. The molecule has 1 heterocycles. The van der Waals surface area contributed by atoms with Crippen LogP contribution >= 0.6 is 23.2 Å². The minimum absolute atomic E-state index is 0.167. The van der Waals surface area contributed by atoms with Crippen LogP contribution in [0.15, 0.2) is 18.2 Å². The molecular weight excluding hydrogens is 295 g/mol. The Morgan fingerprint density at radius 3 is 2.50 bits per heavy atom. The van der Waals surface area contributed by atoms with Crippen LogP contribution in [0.2, 0.25) is 10.0 Å². The van der Waals surface area contributed by atoms with Crippen LogP contribution in [0.4, 0.5) is 0 Å². The lowest BCUT2D eigenvalue weighted by atomic mass is 9.97. The Morgan fingerprint density at radius 2 is 1.90 bits per heavy atom. The Balaban J connectivity index is 1.90. The van der Waals surface area contributed by atoms with Crippen molar-refractivity contribution in [2.75, 3.05) is 26.2 Å². The molecule has 3 nitrogen and oxygen atoms in total. The van der Waals surface area contributed by atoms with E-state index in [9.17, 15) is 4.79 Å². The van der Waals surface area contributed by atoms with Crippen LogP contribution in [0.25, 0.3) is 0 Å². The van der Waals surface area contributed by atoms with E-state index >= 15 is 0 Å². The lowest BCUT2D eigenvalue weighted by molar-refractivity contribution is -0.126. The van der Waals surface area contributed by atoms with E-state index in [1.54, 1.807) is 6.07 Å². The molecule has 1 atom stereocenters. The fraction of sp³-hybridized carbons (Fsp3) is 0.533. The van der Waals surface area contributed by atoms with Gasteiger partial charge < -0.3 is 5.32 Å². The zero-order valence-corrected chi connectivity index (χ0v) is 12.8. The molecule has 0 radical (unpaired) electrons. The van der Waals surface area contributed by atoms with Gasteiger partial charge in [0.1, 0.15) is 0 Å². The molecule has 0 aromatic heterocycles. The van der Waals surface area contributed by atoms with Crippen molar-refractivity contribution in [3.63, 3.8) is 0 Å². The quantitative estimate of drug-likeness (QED) is 0.927. The van der Waals surface area contributed by atoms with Gasteiger partial charge in [0, 0.05) is 32.1 Å². The van der Waals surface area contributed by atoms with E-state index in [1.165, 1.54) is 0 Å². The van der Waals surface area contributed by atoms with Crippen molar-refractivity contribution in [2.24, 2.45) is 5.92 Å². The summed E-state index contributed by atoms with van der Waals surface area (Å²) in [6.45, 7) is 3.64. The van der Waals surface area contributed by atoms with Crippen LogP contribution in [0.3, 0.4) is 0 Å². The molecule has 1 aliphatic heterocycles. The largest absolute Gasteiger partial charge is 0.314 e. The number of benzene rings is 1. The number of rotatable bonds is 4. The van der Waals surface area contributed by atoms with Gasteiger partial charge in [-0.25, -0.2) is 0 Å². The highest BCUT2D eigenvalue weighted by Gasteiger charge is 2.38. The van der Waals surface area contributed by atoms with Gasteiger partial charge in [-0.05, 0) is 30.5 Å². The van der Waals surface area contributed by atoms with Crippen LogP contribution in [0.5, 0.6) is 0 Å². The van der Waals surface area contributed by atoms with Crippen LogP contribution in [-0.4, -0.2) is 36.9 Å². The molecule has 1 aromatic carbocycles. The molecule has 1 saturated carbocycles. The third-order valence-corrected chi connectivity index (χ3v) is 4.76. The summed E-state index contributed by atoms with van der Waals surface area (Å²) in [5, 5.41) is 4.38. The van der Waals surface area contributed by atoms with Crippen LogP contribution in [0, 0.1) is 5.92 Å². The second kappa shape index (κ2) is 6.02. The van der Waals surface area contributed by atoms with Gasteiger partial charge in [0.15, 0.2) is 5.78 Å². The van der Waals surface area contributed by atoms with E-state index in [2.05, 4.69) is 10.2 Å². The highest BCUT2D eigenvalue weighted by molar-refractivity contribution is 6.42. The van der Waals surface area contributed by atoms with Crippen molar-refractivity contribution in [3.8, 4) is 0 Å². The molecule has 1 aliphatic carbocycles. The predicted molar refractivity (Wildman–Crippen MR) is 81.4 cm³/mol. The zero-order valence-electron chi connectivity index (χ0n) is 11.2. The Bertz CT molecular complexity index is 511. The molecule has 5 heteroatoms. The lowest BCUT2D eigenvalue weighted by Crippen LogP contribution is -2.47. The maximum Gasteiger partial charge on any atom is 0.157 e. The van der Waals surface area contributed by atoms with Gasteiger partial charge in [-0.3, -0.25) is 9.69 Å². The number of hydrogen-bond donors (Lipinski definition) is 1. The van der Waals surface area contributed by atoms with Crippen LogP contribution in [0.1, 0.15) is 24.4 Å². The number of nitrogens with zero attached hydrogens (tertiary/aromatic N) is 1. The minimum Gasteiger partial charge on any atom is -0.314 e. The predicted octanol–water partition coefficient (Wildman–Crippen LogP) is 2.92. The maximum absolute atomic E-state index is 12.7. The SMILES string of the molecule is O=C(C1CC1)C(c1ccc(Cl)c(Cl)c1)N1CCNCC1. The molecule has 3 rings (SSSR count). The fourth-order valence-corrected chi connectivity index (χ4v) is 3.08. The van der Waals surface area contributed by atoms with Crippen LogP contribution in [-0.2, 0) is 4.79 Å². The van der Waals surface area contributed by atoms with E-state index in [4.69, 9.17) is 23.2 Å². The summed E-state index contributed by atoms with van der Waals surface area (Å²) in [4.78, 5) is 14.9. The van der Waals surface area contributed by atoms with Crippen LogP contribution < -0.4 is 5.32 Å². The first-order chi connectivity index (χ1) is 9.66. The van der Waals surface area contributed by atoms with Gasteiger partial charge in [-0.1, -0.05) is 29.3 Å². The average Bonchev–Trinajstić information content (AvgIpc) is 3.29. The number of Topliss-reactive ketones (excluding diaryl/α,β-unsaturated/α-hetero) is 1. The summed E-state index contributed by atoms with van der Waals surface area (Å²) in [6.07, 6.45) is 2.06. The average molecular weight is 313 g/mol. The second-order valence-corrected chi connectivity index (χ2v) is 6.35. The van der Waals surface area contributed by atoms with Gasteiger partial charge in [0.2, 0.25) is 0 Å². The first-order valence-corrected chi connectivity index (χ1v) is 7.86. The van der Waals surface area contributed by atoms with Gasteiger partial charge in [-0.2, -0.15) is 0 Å². The van der Waals surface area contributed by atoms with Crippen molar-refractivity contribution in [1.82, 2.24) is 10.2 Å². The minimum atomic E-state index is -0.167. The molecule has 20 heavy (non-hydrogen) atoms. The van der Waals surface area contributed by atoms with E-state index in [1.807, 2.05) is 12.1 Å². The molecular formula is C15H18Cl2N2O. The molecule has 1 unspecified atom stereocenters. The fourth-order valence-electron chi connectivity index (χ4n) is 2.77. The number of hydrogen-bond acceptors (Lipinski definition) is 3. The van der Waals surface area contributed by atoms with Gasteiger partial charge in [-0.15, -0.1) is 0 Å². The maximum atomic E-state index is 12.7. The first kappa shape index (κ1) is 14.3. The molecule has 0 amide bonds. The Labute approximate surface area is 129 Å². The number of carbonyl (C=O) groups is 1. The summed E-state index contributed by atoms with van der Waals surface area (Å²) < 4.78 is 0. The smallest absolute Gasteiger partial charge is 0.157 e. The van der Waals surface area contributed by atoms with Crippen molar-refractivity contribution < 1.29 is 4.79 Å². The normalized spacial score (nSPS) is 21.7. The molecule has 2 fully saturated rings.